The van der Waals surface area contributed by atoms with Crippen molar-refractivity contribution in [3.63, 3.8) is 0 Å². The van der Waals surface area contributed by atoms with E-state index in [2.05, 4.69) is 77.6 Å². The van der Waals surface area contributed by atoms with Gasteiger partial charge in [0.05, 0.1) is 12.7 Å². The summed E-state index contributed by atoms with van der Waals surface area (Å²) in [6.45, 7) is 2.58. The molecule has 1 unspecified atom stereocenters. The molecular formula is C40H46N2O6. The highest BCUT2D eigenvalue weighted by atomic mass is 16.9. The van der Waals surface area contributed by atoms with E-state index in [-0.39, 0.29) is 24.0 Å². The molecule has 4 aromatic rings. The van der Waals surface area contributed by atoms with Crippen molar-refractivity contribution in [2.45, 2.75) is 57.7 Å². The first-order valence-corrected chi connectivity index (χ1v) is 16.9. The fraction of sp³-hybridized carbons (Fsp3) is 0.375. The Labute approximate surface area is 283 Å². The summed E-state index contributed by atoms with van der Waals surface area (Å²) in [5.74, 6) is -0.0719. The van der Waals surface area contributed by atoms with E-state index in [1.165, 1.54) is 35.1 Å². The largest absolute Gasteiger partial charge is 0.385 e. The maximum Gasteiger partial charge on any atom is 0.294 e. The minimum absolute atomic E-state index is 0.0260. The van der Waals surface area contributed by atoms with Gasteiger partial charge in [-0.3, -0.25) is 4.79 Å². The summed E-state index contributed by atoms with van der Waals surface area (Å²) in [4.78, 5) is 29.9. The Balaban J connectivity index is 0.000000313. The summed E-state index contributed by atoms with van der Waals surface area (Å²) < 4.78 is 11.6. The average Bonchev–Trinajstić information content (AvgIpc) is 3.91. The second kappa shape index (κ2) is 17.6. The zero-order valence-electron chi connectivity index (χ0n) is 27.8. The Morgan fingerprint density at radius 2 is 1.56 bits per heavy atom. The van der Waals surface area contributed by atoms with Gasteiger partial charge in [-0.25, -0.2) is 0 Å². The van der Waals surface area contributed by atoms with Crippen LogP contribution in [0.4, 0.5) is 0 Å². The van der Waals surface area contributed by atoms with Crippen LogP contribution >= 0.6 is 0 Å². The summed E-state index contributed by atoms with van der Waals surface area (Å²) in [7, 11) is 1.74. The van der Waals surface area contributed by atoms with Crippen LogP contribution in [-0.4, -0.2) is 55.4 Å². The first-order chi connectivity index (χ1) is 23.4. The third-order valence-corrected chi connectivity index (χ3v) is 9.12. The van der Waals surface area contributed by atoms with Crippen molar-refractivity contribution in [3.05, 3.63) is 142 Å². The van der Waals surface area contributed by atoms with Gasteiger partial charge in [-0.1, -0.05) is 97.1 Å². The Kier molecular flexibility index (Phi) is 12.7. The quantitative estimate of drug-likeness (QED) is 0.0781. The minimum atomic E-state index is -0.826. The van der Waals surface area contributed by atoms with Gasteiger partial charge in [0.1, 0.15) is 6.61 Å². The number of likely N-dealkylation sites (tertiary alicyclic amines) is 1. The molecule has 4 aromatic carbocycles. The fourth-order valence-electron chi connectivity index (χ4n) is 6.25. The van der Waals surface area contributed by atoms with Crippen LogP contribution in [-0.2, 0) is 33.8 Å². The molecule has 0 spiro atoms. The third-order valence-electron chi connectivity index (χ3n) is 9.12. The number of nitrogens with zero attached hydrogens (tertiary/aromatic N) is 2. The lowest BCUT2D eigenvalue weighted by molar-refractivity contribution is -0.763. The molecule has 2 aliphatic rings. The number of hydrogen-bond acceptors (Lipinski definition) is 6. The number of piperidine rings is 1. The first kappa shape index (κ1) is 34.8. The molecule has 0 N–H and O–H groups in total. The lowest BCUT2D eigenvalue weighted by Gasteiger charge is -2.33. The van der Waals surface area contributed by atoms with Crippen LogP contribution in [0.5, 0.6) is 0 Å². The Hall–Kier alpha value is -4.53. The van der Waals surface area contributed by atoms with Gasteiger partial charge in [0.25, 0.3) is 11.0 Å². The number of benzene rings is 4. The average molecular weight is 651 g/mol. The zero-order valence-corrected chi connectivity index (χ0v) is 27.8. The second-order valence-electron chi connectivity index (χ2n) is 12.8. The predicted molar refractivity (Wildman–Crippen MR) is 187 cm³/mol. The molecule has 252 valence electrons. The van der Waals surface area contributed by atoms with E-state index in [1.807, 2.05) is 17.0 Å². The van der Waals surface area contributed by atoms with Gasteiger partial charge in [-0.2, -0.15) is 0 Å². The molecule has 1 aliphatic carbocycles. The maximum absolute atomic E-state index is 13.1. The van der Waals surface area contributed by atoms with E-state index in [9.17, 15) is 14.9 Å². The number of amides is 1. The second-order valence-corrected chi connectivity index (χ2v) is 12.8. The van der Waals surface area contributed by atoms with Crippen LogP contribution in [0.2, 0.25) is 0 Å². The van der Waals surface area contributed by atoms with Gasteiger partial charge >= 0.3 is 0 Å². The number of hydrogen-bond donors (Lipinski definition) is 0. The van der Waals surface area contributed by atoms with Crippen molar-refractivity contribution in [2.75, 3.05) is 33.4 Å². The van der Waals surface area contributed by atoms with E-state index in [1.54, 1.807) is 31.4 Å². The summed E-state index contributed by atoms with van der Waals surface area (Å²) in [5, 5.41) is 9.65. The smallest absolute Gasteiger partial charge is 0.294 e. The van der Waals surface area contributed by atoms with Gasteiger partial charge in [0.2, 0.25) is 0 Å². The number of methoxy groups -OCH3 is 1. The van der Waals surface area contributed by atoms with Gasteiger partial charge in [0.15, 0.2) is 0 Å². The number of ether oxygens (including phenoxy) is 2. The van der Waals surface area contributed by atoms with Crippen molar-refractivity contribution in [2.24, 2.45) is 5.41 Å². The maximum atomic E-state index is 13.1. The summed E-state index contributed by atoms with van der Waals surface area (Å²) >= 11 is 0. The molecule has 2 fully saturated rings. The topological polar surface area (TPSA) is 91.1 Å². The van der Waals surface area contributed by atoms with Crippen molar-refractivity contribution in [1.82, 2.24) is 4.90 Å². The van der Waals surface area contributed by atoms with Crippen LogP contribution in [0.1, 0.15) is 59.2 Å². The van der Waals surface area contributed by atoms with Gasteiger partial charge < -0.3 is 19.2 Å². The molecule has 1 aliphatic heterocycles. The molecular weight excluding hydrogens is 604 g/mol. The normalized spacial score (nSPS) is 16.4. The van der Waals surface area contributed by atoms with Crippen molar-refractivity contribution in [3.8, 4) is 11.1 Å². The standard InChI is InChI=1S/C28H36N2O6.C12H10/c1-34-16-6-11-23-8-2-3-9-25(23)18-28(13-14-28)21-35-26-12-5-15-29(19-26)27(31)24-10-4-7-22(17-24)20-36-30(32)33;1-3-7-11(8-4-1)12-9-5-2-6-10-12/h2-4,7-10,17,26H,5-6,11-16,18-21H2,1H3;1-10H. The lowest BCUT2D eigenvalue weighted by atomic mass is 9.92. The highest BCUT2D eigenvalue weighted by molar-refractivity contribution is 5.94. The number of aryl methyl sites for hydroxylation is 1. The van der Waals surface area contributed by atoms with Crippen LogP contribution in [0.15, 0.2) is 109 Å². The van der Waals surface area contributed by atoms with E-state index in [0.29, 0.717) is 24.2 Å². The van der Waals surface area contributed by atoms with Gasteiger partial charge in [0, 0.05) is 32.4 Å². The van der Waals surface area contributed by atoms with Crippen LogP contribution in [0.3, 0.4) is 0 Å². The van der Waals surface area contributed by atoms with E-state index in [0.717, 1.165) is 45.3 Å². The highest BCUT2D eigenvalue weighted by Gasteiger charge is 2.44. The molecule has 48 heavy (non-hydrogen) atoms. The van der Waals surface area contributed by atoms with Gasteiger partial charge in [-0.05, 0) is 90.3 Å². The summed E-state index contributed by atoms with van der Waals surface area (Å²) in [6, 6.07) is 36.3. The summed E-state index contributed by atoms with van der Waals surface area (Å²) in [5.41, 5.74) is 6.69. The fourth-order valence-corrected chi connectivity index (χ4v) is 6.25. The van der Waals surface area contributed by atoms with Gasteiger partial charge in [-0.15, -0.1) is 10.1 Å². The van der Waals surface area contributed by atoms with Crippen LogP contribution in [0, 0.1) is 15.5 Å². The monoisotopic (exact) mass is 650 g/mol. The molecule has 0 bridgehead atoms. The highest BCUT2D eigenvalue weighted by Crippen LogP contribution is 2.49. The molecule has 1 saturated heterocycles. The Morgan fingerprint density at radius 3 is 2.21 bits per heavy atom. The van der Waals surface area contributed by atoms with E-state index in [4.69, 9.17) is 9.47 Å². The predicted octanol–water partition coefficient (Wildman–Crippen LogP) is 7.97. The molecule has 6 rings (SSSR count). The summed E-state index contributed by atoms with van der Waals surface area (Å²) in [6.07, 6.45) is 7.30. The molecule has 1 atom stereocenters. The van der Waals surface area contributed by atoms with Crippen LogP contribution < -0.4 is 0 Å². The third kappa shape index (κ3) is 10.5. The van der Waals surface area contributed by atoms with Crippen molar-refractivity contribution >= 4 is 5.91 Å². The number of carbonyl (C=O) groups excluding carboxylic acids is 1. The minimum Gasteiger partial charge on any atom is -0.385 e. The zero-order chi connectivity index (χ0) is 33.6. The number of rotatable bonds is 14. The molecule has 8 heteroatoms. The first-order valence-electron chi connectivity index (χ1n) is 16.9. The van der Waals surface area contributed by atoms with E-state index < -0.39 is 5.09 Å². The molecule has 0 radical (unpaired) electrons. The molecule has 1 amide bonds. The number of carbonyl (C=O) groups is 1. The molecule has 0 aromatic heterocycles. The van der Waals surface area contributed by atoms with Crippen molar-refractivity contribution < 1.29 is 24.2 Å². The Bertz CT molecular complexity index is 1550. The van der Waals surface area contributed by atoms with Crippen LogP contribution in [0.25, 0.3) is 11.1 Å². The van der Waals surface area contributed by atoms with E-state index >= 15 is 0 Å². The molecule has 1 saturated carbocycles. The SMILES string of the molecule is COCCCc1ccccc1CC1(COC2CCCN(C(=O)c3cccc(CO[N+](=O)[O-])c3)C2)CC1.c1ccc(-c2ccccc2)cc1. The molecule has 8 nitrogen and oxygen atoms in total. The molecule has 1 heterocycles. The Morgan fingerprint density at radius 1 is 0.896 bits per heavy atom. The lowest BCUT2D eigenvalue weighted by Crippen LogP contribution is -2.43. The van der Waals surface area contributed by atoms with Crippen molar-refractivity contribution in [1.29, 1.82) is 0 Å².